The Kier molecular flexibility index (Phi) is 6.75. The van der Waals surface area contributed by atoms with Crippen LogP contribution < -0.4 is 5.32 Å². The van der Waals surface area contributed by atoms with Crippen molar-refractivity contribution in [3.63, 3.8) is 0 Å². The highest BCUT2D eigenvalue weighted by atomic mass is 35.5. The first kappa shape index (κ1) is 20.4. The van der Waals surface area contributed by atoms with Crippen LogP contribution in [0.1, 0.15) is 39.2 Å². The number of halogens is 1. The van der Waals surface area contributed by atoms with E-state index in [1.807, 2.05) is 51.1 Å². The summed E-state index contributed by atoms with van der Waals surface area (Å²) in [5.41, 5.74) is -0.187. The molecule has 1 N–H and O–H groups in total. The molecule has 1 aliphatic rings. The van der Waals surface area contributed by atoms with Crippen molar-refractivity contribution in [3.05, 3.63) is 35.9 Å². The number of alkyl carbamates (subject to hydrolysis) is 1. The Bertz CT molecular complexity index is 608. The smallest absolute Gasteiger partial charge is 0.410 e. The minimum Gasteiger partial charge on any atom is -0.445 e. The Morgan fingerprint density at radius 3 is 2.35 bits per heavy atom. The van der Waals surface area contributed by atoms with Gasteiger partial charge in [-0.05, 0) is 39.2 Å². The first-order valence-corrected chi connectivity index (χ1v) is 9.29. The lowest BCUT2D eigenvalue weighted by molar-refractivity contribution is 0.0158. The third-order valence-corrected chi connectivity index (χ3v) is 4.72. The summed E-state index contributed by atoms with van der Waals surface area (Å²) in [6, 6.07) is 9.48. The summed E-state index contributed by atoms with van der Waals surface area (Å²) in [5, 5.41) is 2.89. The molecule has 6 nitrogen and oxygen atoms in total. The summed E-state index contributed by atoms with van der Waals surface area (Å²) in [6.45, 7) is 6.66. The molecule has 0 saturated carbocycles. The Morgan fingerprint density at radius 2 is 1.81 bits per heavy atom. The highest BCUT2D eigenvalue weighted by Gasteiger charge is 2.38. The predicted octanol–water partition coefficient (Wildman–Crippen LogP) is 3.92. The Labute approximate surface area is 159 Å². The number of amides is 2. The van der Waals surface area contributed by atoms with Gasteiger partial charge in [0.25, 0.3) is 0 Å². The van der Waals surface area contributed by atoms with Gasteiger partial charge >= 0.3 is 12.2 Å². The van der Waals surface area contributed by atoms with Crippen LogP contribution in [-0.4, -0.2) is 47.2 Å². The fourth-order valence-corrected chi connectivity index (χ4v) is 3.05. The molecule has 0 atom stereocenters. The first-order chi connectivity index (χ1) is 12.2. The van der Waals surface area contributed by atoms with E-state index in [9.17, 15) is 9.59 Å². The van der Waals surface area contributed by atoms with Gasteiger partial charge in [-0.15, -0.1) is 11.6 Å². The average Bonchev–Trinajstić information content (AvgIpc) is 2.60. The number of alkyl halides is 1. The zero-order valence-electron chi connectivity index (χ0n) is 15.6. The van der Waals surface area contributed by atoms with Gasteiger partial charge in [-0.2, -0.15) is 0 Å². The van der Waals surface area contributed by atoms with E-state index >= 15 is 0 Å². The van der Waals surface area contributed by atoms with Crippen LogP contribution >= 0.6 is 11.6 Å². The number of benzene rings is 1. The van der Waals surface area contributed by atoms with E-state index in [0.717, 1.165) is 5.56 Å². The molecule has 2 rings (SSSR count). The van der Waals surface area contributed by atoms with Crippen LogP contribution in [0.2, 0.25) is 0 Å². The number of rotatable bonds is 4. The lowest BCUT2D eigenvalue weighted by atomic mass is 9.89. The van der Waals surface area contributed by atoms with E-state index < -0.39 is 17.2 Å². The van der Waals surface area contributed by atoms with Gasteiger partial charge in [0.15, 0.2) is 0 Å². The highest BCUT2D eigenvalue weighted by molar-refractivity contribution is 6.18. The topological polar surface area (TPSA) is 67.9 Å². The fraction of sp³-hybridized carbons (Fsp3) is 0.579. The van der Waals surface area contributed by atoms with Gasteiger partial charge in [0, 0.05) is 19.0 Å². The minimum absolute atomic E-state index is 0.203. The molecule has 1 fully saturated rings. The molecule has 1 heterocycles. The van der Waals surface area contributed by atoms with Crippen LogP contribution in [0.25, 0.3) is 0 Å². The number of nitrogens with zero attached hydrogens (tertiary/aromatic N) is 1. The summed E-state index contributed by atoms with van der Waals surface area (Å²) >= 11 is 6.13. The summed E-state index contributed by atoms with van der Waals surface area (Å²) in [7, 11) is 0. The number of carbonyl (C=O) groups excluding carboxylic acids is 2. The summed E-state index contributed by atoms with van der Waals surface area (Å²) in [4.78, 5) is 26.0. The lowest BCUT2D eigenvalue weighted by Gasteiger charge is -2.41. The van der Waals surface area contributed by atoms with E-state index in [2.05, 4.69) is 5.32 Å². The first-order valence-electron chi connectivity index (χ1n) is 8.76. The Hall–Kier alpha value is -1.95. The maximum Gasteiger partial charge on any atom is 0.410 e. The fourth-order valence-electron chi connectivity index (χ4n) is 2.71. The van der Waals surface area contributed by atoms with Crippen molar-refractivity contribution in [3.8, 4) is 0 Å². The van der Waals surface area contributed by atoms with Crippen molar-refractivity contribution < 1.29 is 19.1 Å². The van der Waals surface area contributed by atoms with Crippen molar-refractivity contribution in [2.24, 2.45) is 0 Å². The normalized spacial score (nSPS) is 16.7. The van der Waals surface area contributed by atoms with Crippen LogP contribution in [0.15, 0.2) is 30.3 Å². The molecule has 0 unspecified atom stereocenters. The van der Waals surface area contributed by atoms with Crippen LogP contribution in [0.5, 0.6) is 0 Å². The standard InChI is InChI=1S/C19H27ClN2O4/c1-18(2,3)26-17(24)22-11-9-19(14-20,10-12-22)21-16(23)25-13-15-7-5-4-6-8-15/h4-8H,9-14H2,1-3H3,(H,21,23). The molecule has 1 aromatic carbocycles. The molecule has 1 saturated heterocycles. The number of hydrogen-bond donors (Lipinski definition) is 1. The van der Waals surface area contributed by atoms with Gasteiger partial charge in [0.05, 0.1) is 5.54 Å². The van der Waals surface area contributed by atoms with Crippen LogP contribution in [0.4, 0.5) is 9.59 Å². The zero-order valence-corrected chi connectivity index (χ0v) is 16.3. The van der Waals surface area contributed by atoms with E-state index in [-0.39, 0.29) is 18.6 Å². The molecule has 26 heavy (non-hydrogen) atoms. The third kappa shape index (κ3) is 6.09. The second-order valence-electron chi connectivity index (χ2n) is 7.57. The molecule has 1 aromatic rings. The monoisotopic (exact) mass is 382 g/mol. The minimum atomic E-state index is -0.576. The van der Waals surface area contributed by atoms with Crippen molar-refractivity contribution in [2.75, 3.05) is 19.0 Å². The van der Waals surface area contributed by atoms with Gasteiger partial charge in [-0.25, -0.2) is 9.59 Å². The average molecular weight is 383 g/mol. The summed E-state index contributed by atoms with van der Waals surface area (Å²) < 4.78 is 10.7. The maximum absolute atomic E-state index is 12.2. The molecule has 0 bridgehead atoms. The SMILES string of the molecule is CC(C)(C)OC(=O)N1CCC(CCl)(NC(=O)OCc2ccccc2)CC1. The summed E-state index contributed by atoms with van der Waals surface area (Å²) in [6.07, 6.45) is 0.263. The number of likely N-dealkylation sites (tertiary alicyclic amines) is 1. The number of piperidine rings is 1. The molecule has 1 aliphatic heterocycles. The highest BCUT2D eigenvalue weighted by Crippen LogP contribution is 2.25. The van der Waals surface area contributed by atoms with Gasteiger partial charge in [0.2, 0.25) is 0 Å². The molecule has 0 spiro atoms. The van der Waals surface area contributed by atoms with E-state index in [0.29, 0.717) is 25.9 Å². The Balaban J connectivity index is 1.84. The van der Waals surface area contributed by atoms with Gasteiger partial charge in [-0.1, -0.05) is 30.3 Å². The van der Waals surface area contributed by atoms with Gasteiger partial charge in [-0.3, -0.25) is 0 Å². The van der Waals surface area contributed by atoms with Crippen LogP contribution in [0.3, 0.4) is 0 Å². The molecule has 2 amide bonds. The van der Waals surface area contributed by atoms with Crippen molar-refractivity contribution >= 4 is 23.8 Å². The maximum atomic E-state index is 12.2. The van der Waals surface area contributed by atoms with Gasteiger partial charge in [0.1, 0.15) is 12.2 Å². The largest absolute Gasteiger partial charge is 0.445 e. The molecular weight excluding hydrogens is 356 g/mol. The van der Waals surface area contributed by atoms with Crippen LogP contribution in [0, 0.1) is 0 Å². The molecule has 7 heteroatoms. The Morgan fingerprint density at radius 1 is 1.19 bits per heavy atom. The molecule has 0 aromatic heterocycles. The van der Waals surface area contributed by atoms with Crippen molar-refractivity contribution in [1.82, 2.24) is 10.2 Å². The number of hydrogen-bond acceptors (Lipinski definition) is 4. The molecule has 144 valence electrons. The van der Waals surface area contributed by atoms with Gasteiger partial charge < -0.3 is 19.7 Å². The van der Waals surface area contributed by atoms with Crippen molar-refractivity contribution in [2.45, 2.75) is 51.4 Å². The third-order valence-electron chi connectivity index (χ3n) is 4.21. The van der Waals surface area contributed by atoms with E-state index in [1.165, 1.54) is 0 Å². The molecule has 0 aliphatic carbocycles. The number of carbonyl (C=O) groups is 2. The predicted molar refractivity (Wildman–Crippen MR) is 100 cm³/mol. The van der Waals surface area contributed by atoms with E-state index in [1.54, 1.807) is 4.90 Å². The van der Waals surface area contributed by atoms with Crippen LogP contribution in [-0.2, 0) is 16.1 Å². The quantitative estimate of drug-likeness (QED) is 0.801. The molecular formula is C19H27ClN2O4. The number of nitrogens with one attached hydrogen (secondary N) is 1. The van der Waals surface area contributed by atoms with Crippen molar-refractivity contribution in [1.29, 1.82) is 0 Å². The second kappa shape index (κ2) is 8.62. The van der Waals surface area contributed by atoms with E-state index in [4.69, 9.17) is 21.1 Å². The molecule has 0 radical (unpaired) electrons. The zero-order chi connectivity index (χ0) is 19.2. The lowest BCUT2D eigenvalue weighted by Crippen LogP contribution is -2.57. The summed E-state index contributed by atoms with van der Waals surface area (Å²) in [5.74, 6) is 0.260. The number of ether oxygens (including phenoxy) is 2. The second-order valence-corrected chi connectivity index (χ2v) is 7.84.